The third-order valence-electron chi connectivity index (χ3n) is 5.28. The van der Waals surface area contributed by atoms with Gasteiger partial charge >= 0.3 is 0 Å². The normalized spacial score (nSPS) is 20.4. The van der Waals surface area contributed by atoms with Crippen molar-refractivity contribution in [3.63, 3.8) is 0 Å². The number of rotatable bonds is 6. The van der Waals surface area contributed by atoms with Crippen LogP contribution in [0.5, 0.6) is 0 Å². The van der Waals surface area contributed by atoms with E-state index < -0.39 is 0 Å². The molecular weight excluding hydrogens is 334 g/mol. The summed E-state index contributed by atoms with van der Waals surface area (Å²) in [5, 5.41) is 2.98. The molecule has 2 atom stereocenters. The average Bonchev–Trinajstić information content (AvgIpc) is 2.66. The van der Waals surface area contributed by atoms with E-state index in [4.69, 9.17) is 5.73 Å². The molecule has 1 aliphatic heterocycles. The molecule has 1 heterocycles. The predicted molar refractivity (Wildman–Crippen MR) is 110 cm³/mol. The van der Waals surface area contributed by atoms with Crippen molar-refractivity contribution in [3.05, 3.63) is 70.8 Å². The van der Waals surface area contributed by atoms with Gasteiger partial charge in [-0.05, 0) is 47.1 Å². The molecule has 2 unspecified atom stereocenters. The van der Waals surface area contributed by atoms with Gasteiger partial charge in [0.25, 0.3) is 5.91 Å². The maximum absolute atomic E-state index is 12.3. The predicted octanol–water partition coefficient (Wildman–Crippen LogP) is 3.55. The Balaban J connectivity index is 1.50. The molecule has 1 fully saturated rings. The molecule has 0 aromatic heterocycles. The van der Waals surface area contributed by atoms with E-state index in [1.165, 1.54) is 25.1 Å². The highest BCUT2D eigenvalue weighted by molar-refractivity contribution is 5.94. The summed E-state index contributed by atoms with van der Waals surface area (Å²) < 4.78 is 0. The van der Waals surface area contributed by atoms with Crippen LogP contribution >= 0.6 is 0 Å². The maximum Gasteiger partial charge on any atom is 0.251 e. The number of carbonyl (C=O) groups is 1. The summed E-state index contributed by atoms with van der Waals surface area (Å²) >= 11 is 0. The van der Waals surface area contributed by atoms with Crippen molar-refractivity contribution in [1.82, 2.24) is 10.2 Å². The van der Waals surface area contributed by atoms with Crippen molar-refractivity contribution >= 4 is 5.91 Å². The summed E-state index contributed by atoms with van der Waals surface area (Å²) in [7, 11) is 0. The van der Waals surface area contributed by atoms with Crippen molar-refractivity contribution < 1.29 is 4.79 Å². The fourth-order valence-electron chi connectivity index (χ4n) is 4.02. The zero-order valence-electron chi connectivity index (χ0n) is 16.4. The van der Waals surface area contributed by atoms with Gasteiger partial charge in [-0.2, -0.15) is 0 Å². The van der Waals surface area contributed by atoms with Crippen molar-refractivity contribution in [2.75, 3.05) is 13.1 Å². The van der Waals surface area contributed by atoms with Crippen LogP contribution in [0.25, 0.3) is 0 Å². The lowest BCUT2D eigenvalue weighted by Gasteiger charge is -2.35. The van der Waals surface area contributed by atoms with Crippen LogP contribution in [0.4, 0.5) is 0 Å². The number of nitrogens with two attached hydrogens (primary N) is 1. The zero-order chi connectivity index (χ0) is 19.2. The van der Waals surface area contributed by atoms with Crippen LogP contribution in [0.2, 0.25) is 0 Å². The van der Waals surface area contributed by atoms with E-state index >= 15 is 0 Å². The van der Waals surface area contributed by atoms with Crippen LogP contribution in [-0.2, 0) is 19.6 Å². The van der Waals surface area contributed by atoms with Crippen LogP contribution in [0, 0.1) is 11.8 Å². The molecule has 4 heteroatoms. The van der Waals surface area contributed by atoms with E-state index in [0.29, 0.717) is 18.7 Å². The lowest BCUT2D eigenvalue weighted by Crippen LogP contribution is -2.38. The number of benzene rings is 2. The van der Waals surface area contributed by atoms with E-state index in [1.807, 2.05) is 24.3 Å². The molecule has 1 aliphatic rings. The lowest BCUT2D eigenvalue weighted by atomic mass is 9.91. The fraction of sp³-hybridized carbons (Fsp3) is 0.435. The van der Waals surface area contributed by atoms with Crippen molar-refractivity contribution in [3.8, 4) is 0 Å². The molecule has 0 aliphatic carbocycles. The molecule has 2 aromatic rings. The van der Waals surface area contributed by atoms with E-state index in [1.54, 1.807) is 0 Å². The Morgan fingerprint density at radius 1 is 0.963 bits per heavy atom. The van der Waals surface area contributed by atoms with Crippen LogP contribution < -0.4 is 11.1 Å². The van der Waals surface area contributed by atoms with E-state index in [9.17, 15) is 4.79 Å². The third-order valence-corrected chi connectivity index (χ3v) is 5.28. The molecule has 27 heavy (non-hydrogen) atoms. The van der Waals surface area contributed by atoms with Crippen molar-refractivity contribution in [2.45, 2.75) is 39.9 Å². The van der Waals surface area contributed by atoms with Gasteiger partial charge in [0, 0.05) is 38.3 Å². The average molecular weight is 366 g/mol. The third kappa shape index (κ3) is 5.65. The van der Waals surface area contributed by atoms with E-state index in [2.05, 4.69) is 48.3 Å². The molecule has 0 saturated carbocycles. The molecular formula is C23H31N3O. The number of nitrogens with zero attached hydrogens (tertiary/aromatic N) is 1. The molecule has 1 saturated heterocycles. The number of nitrogens with one attached hydrogen (secondary N) is 1. The topological polar surface area (TPSA) is 58.4 Å². The quantitative estimate of drug-likeness (QED) is 0.823. The molecule has 1 amide bonds. The summed E-state index contributed by atoms with van der Waals surface area (Å²) in [6, 6.07) is 16.0. The van der Waals surface area contributed by atoms with Gasteiger partial charge in [-0.15, -0.1) is 0 Å². The number of hydrogen-bond acceptors (Lipinski definition) is 3. The summed E-state index contributed by atoms with van der Waals surface area (Å²) in [4.78, 5) is 14.8. The zero-order valence-corrected chi connectivity index (χ0v) is 16.4. The minimum atomic E-state index is -0.0565. The minimum Gasteiger partial charge on any atom is -0.348 e. The lowest BCUT2D eigenvalue weighted by molar-refractivity contribution is 0.0951. The molecule has 3 N–H and O–H groups in total. The summed E-state index contributed by atoms with van der Waals surface area (Å²) in [5.74, 6) is 1.50. The molecule has 0 bridgehead atoms. The van der Waals surface area contributed by atoms with Gasteiger partial charge < -0.3 is 11.1 Å². The standard InChI is InChI=1S/C23H31N3O/c1-17-11-18(2)15-26(14-17)16-21-5-3-20(4-6-21)13-25-23(27)22-9-7-19(12-24)8-10-22/h3-10,17-18H,11-16,24H2,1-2H3,(H,25,27). The van der Waals surface area contributed by atoms with Gasteiger partial charge in [-0.3, -0.25) is 9.69 Å². The Morgan fingerprint density at radius 3 is 2.11 bits per heavy atom. The second-order valence-corrected chi connectivity index (χ2v) is 8.04. The smallest absolute Gasteiger partial charge is 0.251 e. The van der Waals surface area contributed by atoms with Gasteiger partial charge in [0.15, 0.2) is 0 Å². The Hall–Kier alpha value is -2.17. The first kappa shape index (κ1) is 19.6. The van der Waals surface area contributed by atoms with Gasteiger partial charge in [0.1, 0.15) is 0 Å². The Morgan fingerprint density at radius 2 is 1.52 bits per heavy atom. The van der Waals surface area contributed by atoms with Gasteiger partial charge in [0.2, 0.25) is 0 Å². The Kier molecular flexibility index (Phi) is 6.64. The second-order valence-electron chi connectivity index (χ2n) is 8.04. The number of amides is 1. The van der Waals surface area contributed by atoms with Crippen LogP contribution in [0.3, 0.4) is 0 Å². The summed E-state index contributed by atoms with van der Waals surface area (Å²) in [5.41, 5.74) is 9.74. The number of carbonyl (C=O) groups excluding carboxylic acids is 1. The Bertz CT molecular complexity index is 729. The van der Waals surface area contributed by atoms with Crippen molar-refractivity contribution in [2.24, 2.45) is 17.6 Å². The number of hydrogen-bond donors (Lipinski definition) is 2. The minimum absolute atomic E-state index is 0.0565. The first-order chi connectivity index (χ1) is 13.0. The Labute approximate surface area is 162 Å². The summed E-state index contributed by atoms with van der Waals surface area (Å²) in [6.07, 6.45) is 1.34. The highest BCUT2D eigenvalue weighted by Gasteiger charge is 2.21. The largest absolute Gasteiger partial charge is 0.348 e. The molecule has 3 rings (SSSR count). The highest BCUT2D eigenvalue weighted by atomic mass is 16.1. The first-order valence-electron chi connectivity index (χ1n) is 9.91. The summed E-state index contributed by atoms with van der Waals surface area (Å²) in [6.45, 7) is 9.10. The van der Waals surface area contributed by atoms with Crippen molar-refractivity contribution in [1.29, 1.82) is 0 Å². The van der Waals surface area contributed by atoms with Crippen LogP contribution in [0.15, 0.2) is 48.5 Å². The maximum atomic E-state index is 12.3. The van der Waals surface area contributed by atoms with E-state index in [0.717, 1.165) is 29.5 Å². The number of likely N-dealkylation sites (tertiary alicyclic amines) is 1. The monoisotopic (exact) mass is 365 g/mol. The first-order valence-corrected chi connectivity index (χ1v) is 9.91. The van der Waals surface area contributed by atoms with E-state index in [-0.39, 0.29) is 5.91 Å². The van der Waals surface area contributed by atoms with Crippen LogP contribution in [0.1, 0.15) is 47.3 Å². The van der Waals surface area contributed by atoms with Gasteiger partial charge in [-0.25, -0.2) is 0 Å². The fourth-order valence-corrected chi connectivity index (χ4v) is 4.02. The highest BCUT2D eigenvalue weighted by Crippen LogP contribution is 2.22. The van der Waals surface area contributed by atoms with Gasteiger partial charge in [-0.1, -0.05) is 50.2 Å². The number of piperidine rings is 1. The molecule has 0 radical (unpaired) electrons. The molecule has 0 spiro atoms. The second kappa shape index (κ2) is 9.16. The molecule has 2 aromatic carbocycles. The molecule has 4 nitrogen and oxygen atoms in total. The molecule has 144 valence electrons. The van der Waals surface area contributed by atoms with Crippen LogP contribution in [-0.4, -0.2) is 23.9 Å². The SMILES string of the molecule is CC1CC(C)CN(Cc2ccc(CNC(=O)c3ccc(CN)cc3)cc2)C1. The van der Waals surface area contributed by atoms with Gasteiger partial charge in [0.05, 0.1) is 0 Å².